The summed E-state index contributed by atoms with van der Waals surface area (Å²) in [5.74, 6) is 0.959. The second-order valence-corrected chi connectivity index (χ2v) is 6.35. The zero-order valence-corrected chi connectivity index (χ0v) is 15.1. The molecule has 2 heterocycles. The average Bonchev–Trinajstić information content (AvgIpc) is 2.67. The minimum atomic E-state index is 0.0873. The third-order valence-corrected chi connectivity index (χ3v) is 4.74. The van der Waals surface area contributed by atoms with Crippen LogP contribution in [0.4, 0.5) is 5.69 Å². The molecule has 0 spiro atoms. The van der Waals surface area contributed by atoms with Crippen LogP contribution < -0.4 is 9.64 Å². The monoisotopic (exact) mass is 339 g/mol. The van der Waals surface area contributed by atoms with Gasteiger partial charge in [0.15, 0.2) is 0 Å². The van der Waals surface area contributed by atoms with Gasteiger partial charge >= 0.3 is 0 Å². The SMILES string of the molecule is CCc1cc(C(=O)N2CCN(c3ccccc3OC)CC2C)ccn1. The Morgan fingerprint density at radius 3 is 2.80 bits per heavy atom. The Morgan fingerprint density at radius 2 is 2.08 bits per heavy atom. The molecule has 1 fully saturated rings. The lowest BCUT2D eigenvalue weighted by Crippen LogP contribution is -2.54. The number of anilines is 1. The number of carbonyl (C=O) groups is 1. The largest absolute Gasteiger partial charge is 0.495 e. The van der Waals surface area contributed by atoms with Crippen LogP contribution in [0.25, 0.3) is 0 Å². The number of pyridine rings is 1. The van der Waals surface area contributed by atoms with E-state index in [0.29, 0.717) is 6.54 Å². The van der Waals surface area contributed by atoms with Crippen molar-refractivity contribution in [3.8, 4) is 5.75 Å². The maximum atomic E-state index is 12.9. The second kappa shape index (κ2) is 7.55. The zero-order valence-electron chi connectivity index (χ0n) is 15.1. The maximum Gasteiger partial charge on any atom is 0.254 e. The Morgan fingerprint density at radius 1 is 1.28 bits per heavy atom. The highest BCUT2D eigenvalue weighted by Gasteiger charge is 2.29. The van der Waals surface area contributed by atoms with E-state index < -0.39 is 0 Å². The van der Waals surface area contributed by atoms with Gasteiger partial charge in [-0.05, 0) is 37.6 Å². The fourth-order valence-electron chi connectivity index (χ4n) is 3.34. The fraction of sp³-hybridized carbons (Fsp3) is 0.400. The quantitative estimate of drug-likeness (QED) is 0.859. The molecular formula is C20H25N3O2. The third kappa shape index (κ3) is 3.60. The summed E-state index contributed by atoms with van der Waals surface area (Å²) in [4.78, 5) is 21.4. The van der Waals surface area contributed by atoms with Crippen molar-refractivity contribution >= 4 is 11.6 Å². The van der Waals surface area contributed by atoms with Crippen LogP contribution in [0.5, 0.6) is 5.75 Å². The molecule has 5 heteroatoms. The molecule has 1 saturated heterocycles. The minimum Gasteiger partial charge on any atom is -0.495 e. The molecule has 1 aromatic carbocycles. The van der Waals surface area contributed by atoms with E-state index in [9.17, 15) is 4.79 Å². The van der Waals surface area contributed by atoms with Gasteiger partial charge in [-0.25, -0.2) is 0 Å². The summed E-state index contributed by atoms with van der Waals surface area (Å²) in [6, 6.07) is 11.9. The van der Waals surface area contributed by atoms with E-state index in [4.69, 9.17) is 4.74 Å². The first-order valence-electron chi connectivity index (χ1n) is 8.78. The van der Waals surface area contributed by atoms with Crippen LogP contribution in [0, 0.1) is 0 Å². The number of amides is 1. The number of aromatic nitrogens is 1. The molecule has 0 saturated carbocycles. The number of rotatable bonds is 4. The Balaban J connectivity index is 1.74. The normalized spacial score (nSPS) is 17.5. The average molecular weight is 339 g/mol. The molecule has 1 aliphatic heterocycles. The number of nitrogens with zero attached hydrogens (tertiary/aromatic N) is 3. The summed E-state index contributed by atoms with van der Waals surface area (Å²) in [6.07, 6.45) is 2.56. The highest BCUT2D eigenvalue weighted by molar-refractivity contribution is 5.94. The predicted molar refractivity (Wildman–Crippen MR) is 99.3 cm³/mol. The Labute approximate surface area is 149 Å². The number of methoxy groups -OCH3 is 1. The zero-order chi connectivity index (χ0) is 17.8. The topological polar surface area (TPSA) is 45.7 Å². The van der Waals surface area contributed by atoms with Gasteiger partial charge in [-0.3, -0.25) is 9.78 Å². The Hall–Kier alpha value is -2.56. The van der Waals surface area contributed by atoms with Gasteiger partial charge in [-0.15, -0.1) is 0 Å². The number of piperazine rings is 1. The first-order chi connectivity index (χ1) is 12.1. The van der Waals surface area contributed by atoms with Crippen molar-refractivity contribution < 1.29 is 9.53 Å². The lowest BCUT2D eigenvalue weighted by atomic mass is 10.1. The molecule has 1 unspecified atom stereocenters. The molecule has 1 aromatic heterocycles. The summed E-state index contributed by atoms with van der Waals surface area (Å²) in [6.45, 7) is 6.43. The van der Waals surface area contributed by atoms with Crippen LogP contribution in [-0.2, 0) is 6.42 Å². The first-order valence-corrected chi connectivity index (χ1v) is 8.78. The molecule has 0 bridgehead atoms. The van der Waals surface area contributed by atoms with Crippen LogP contribution in [0.15, 0.2) is 42.6 Å². The molecule has 1 aliphatic rings. The number of para-hydroxylation sites is 2. The van der Waals surface area contributed by atoms with Crippen LogP contribution in [-0.4, -0.2) is 48.6 Å². The molecule has 25 heavy (non-hydrogen) atoms. The minimum absolute atomic E-state index is 0.0873. The predicted octanol–water partition coefficient (Wildman–Crippen LogP) is 3.00. The van der Waals surface area contributed by atoms with Crippen LogP contribution in [0.1, 0.15) is 29.9 Å². The molecule has 1 atom stereocenters. The number of carbonyl (C=O) groups excluding carboxylic acids is 1. The second-order valence-electron chi connectivity index (χ2n) is 6.35. The number of hydrogen-bond acceptors (Lipinski definition) is 4. The molecule has 132 valence electrons. The van der Waals surface area contributed by atoms with Crippen LogP contribution in [0.2, 0.25) is 0 Å². The van der Waals surface area contributed by atoms with Gasteiger partial charge in [0.2, 0.25) is 0 Å². The Bertz CT molecular complexity index is 747. The molecule has 0 radical (unpaired) electrons. The fourth-order valence-corrected chi connectivity index (χ4v) is 3.34. The van der Waals surface area contributed by atoms with E-state index in [1.54, 1.807) is 19.4 Å². The third-order valence-electron chi connectivity index (χ3n) is 4.74. The van der Waals surface area contributed by atoms with Crippen molar-refractivity contribution in [1.82, 2.24) is 9.88 Å². The van der Waals surface area contributed by atoms with Crippen molar-refractivity contribution in [1.29, 1.82) is 0 Å². The lowest BCUT2D eigenvalue weighted by molar-refractivity contribution is 0.0673. The Kier molecular flexibility index (Phi) is 5.22. The highest BCUT2D eigenvalue weighted by atomic mass is 16.5. The van der Waals surface area contributed by atoms with Gasteiger partial charge in [0, 0.05) is 43.1 Å². The van der Waals surface area contributed by atoms with E-state index in [1.165, 1.54) is 0 Å². The summed E-state index contributed by atoms with van der Waals surface area (Å²) >= 11 is 0. The van der Waals surface area contributed by atoms with Gasteiger partial charge in [-0.2, -0.15) is 0 Å². The lowest BCUT2D eigenvalue weighted by Gasteiger charge is -2.41. The summed E-state index contributed by atoms with van der Waals surface area (Å²) < 4.78 is 5.47. The van der Waals surface area contributed by atoms with Crippen LogP contribution >= 0.6 is 0 Å². The smallest absolute Gasteiger partial charge is 0.254 e. The van der Waals surface area contributed by atoms with E-state index in [1.807, 2.05) is 36.1 Å². The molecule has 0 aliphatic carbocycles. The molecule has 0 N–H and O–H groups in total. The summed E-state index contributed by atoms with van der Waals surface area (Å²) in [5.41, 5.74) is 2.76. The van der Waals surface area contributed by atoms with Crippen molar-refractivity contribution in [3.63, 3.8) is 0 Å². The number of hydrogen-bond donors (Lipinski definition) is 0. The van der Waals surface area contributed by atoms with Gasteiger partial charge in [-0.1, -0.05) is 19.1 Å². The highest BCUT2D eigenvalue weighted by Crippen LogP contribution is 2.29. The summed E-state index contributed by atoms with van der Waals surface area (Å²) in [5, 5.41) is 0. The molecular weight excluding hydrogens is 314 g/mol. The summed E-state index contributed by atoms with van der Waals surface area (Å²) in [7, 11) is 1.69. The number of ether oxygens (including phenoxy) is 1. The van der Waals surface area contributed by atoms with Crippen molar-refractivity contribution in [2.24, 2.45) is 0 Å². The van der Waals surface area contributed by atoms with E-state index in [0.717, 1.165) is 42.2 Å². The standard InChI is InChI=1S/C20H25N3O2/c1-4-17-13-16(9-10-21-17)20(24)23-12-11-22(14-15(23)2)18-7-5-6-8-19(18)25-3/h5-10,13,15H,4,11-12,14H2,1-3H3. The van der Waals surface area contributed by atoms with Gasteiger partial charge < -0.3 is 14.5 Å². The van der Waals surface area contributed by atoms with Crippen LogP contribution in [0.3, 0.4) is 0 Å². The number of aryl methyl sites for hydroxylation is 1. The first kappa shape index (κ1) is 17.3. The van der Waals surface area contributed by atoms with Crippen molar-refractivity contribution in [2.75, 3.05) is 31.6 Å². The molecule has 3 rings (SSSR count). The number of benzene rings is 1. The van der Waals surface area contributed by atoms with E-state index in [-0.39, 0.29) is 11.9 Å². The van der Waals surface area contributed by atoms with Crippen molar-refractivity contribution in [3.05, 3.63) is 53.9 Å². The van der Waals surface area contributed by atoms with Gasteiger partial charge in [0.25, 0.3) is 5.91 Å². The van der Waals surface area contributed by atoms with Gasteiger partial charge in [0.1, 0.15) is 5.75 Å². The van der Waals surface area contributed by atoms with E-state index >= 15 is 0 Å². The van der Waals surface area contributed by atoms with Crippen molar-refractivity contribution in [2.45, 2.75) is 26.3 Å². The maximum absolute atomic E-state index is 12.9. The molecule has 2 aromatic rings. The molecule has 1 amide bonds. The molecule has 5 nitrogen and oxygen atoms in total. The van der Waals surface area contributed by atoms with Gasteiger partial charge in [0.05, 0.1) is 12.8 Å². The van der Waals surface area contributed by atoms with E-state index in [2.05, 4.69) is 22.9 Å².